The van der Waals surface area contributed by atoms with Crippen LogP contribution in [0.25, 0.3) is 10.9 Å². The van der Waals surface area contributed by atoms with Crippen molar-refractivity contribution in [3.63, 3.8) is 0 Å². The summed E-state index contributed by atoms with van der Waals surface area (Å²) in [4.78, 5) is 19.6. The van der Waals surface area contributed by atoms with E-state index in [-0.39, 0.29) is 5.75 Å². The molecule has 6 nitrogen and oxygen atoms in total. The van der Waals surface area contributed by atoms with E-state index < -0.39 is 0 Å². The summed E-state index contributed by atoms with van der Waals surface area (Å²) in [5, 5.41) is 13.3. The van der Waals surface area contributed by atoms with Crippen LogP contribution in [-0.4, -0.2) is 28.5 Å². The van der Waals surface area contributed by atoms with Crippen molar-refractivity contribution in [1.29, 1.82) is 0 Å². The van der Waals surface area contributed by atoms with E-state index in [9.17, 15) is 9.90 Å². The van der Waals surface area contributed by atoms with Crippen molar-refractivity contribution >= 4 is 28.7 Å². The number of aldehydes is 1. The highest BCUT2D eigenvalue weighted by Crippen LogP contribution is 2.29. The summed E-state index contributed by atoms with van der Waals surface area (Å²) in [5.41, 5.74) is 1.76. The normalized spacial score (nSPS) is 10.4. The van der Waals surface area contributed by atoms with Gasteiger partial charge in [-0.05, 0) is 18.2 Å². The Morgan fingerprint density at radius 1 is 1.23 bits per heavy atom. The molecule has 2 aromatic carbocycles. The van der Waals surface area contributed by atoms with Crippen LogP contribution in [0.5, 0.6) is 11.5 Å². The summed E-state index contributed by atoms with van der Waals surface area (Å²) in [7, 11) is 1.50. The second-order valence-electron chi connectivity index (χ2n) is 4.63. The van der Waals surface area contributed by atoms with Crippen molar-refractivity contribution in [3.05, 3.63) is 48.3 Å². The molecule has 0 bridgehead atoms. The molecule has 2 N–H and O–H groups in total. The third-order valence-corrected chi connectivity index (χ3v) is 3.22. The van der Waals surface area contributed by atoms with Gasteiger partial charge >= 0.3 is 0 Å². The minimum atomic E-state index is 0.151. The Balaban J connectivity index is 2.11. The van der Waals surface area contributed by atoms with Gasteiger partial charge in [-0.15, -0.1) is 0 Å². The Morgan fingerprint density at radius 2 is 2.09 bits per heavy atom. The Morgan fingerprint density at radius 3 is 2.82 bits per heavy atom. The number of hydrogen-bond donors (Lipinski definition) is 2. The number of nitrogens with one attached hydrogen (secondary N) is 1. The van der Waals surface area contributed by atoms with Crippen LogP contribution < -0.4 is 10.1 Å². The summed E-state index contributed by atoms with van der Waals surface area (Å²) in [6, 6.07) is 10.1. The van der Waals surface area contributed by atoms with Gasteiger partial charge in [-0.2, -0.15) is 0 Å². The number of fused-ring (bicyclic) bond motifs is 1. The van der Waals surface area contributed by atoms with Crippen molar-refractivity contribution in [1.82, 2.24) is 9.97 Å². The second kappa shape index (κ2) is 5.69. The number of methoxy groups -OCH3 is 1. The minimum absolute atomic E-state index is 0.151. The summed E-state index contributed by atoms with van der Waals surface area (Å²) in [6.07, 6.45) is 2.15. The quantitative estimate of drug-likeness (QED) is 0.720. The number of nitrogens with zero attached hydrogens (tertiary/aromatic N) is 2. The lowest BCUT2D eigenvalue weighted by molar-refractivity contribution is 0.112. The van der Waals surface area contributed by atoms with Crippen molar-refractivity contribution in [2.75, 3.05) is 12.4 Å². The van der Waals surface area contributed by atoms with Crippen molar-refractivity contribution in [2.24, 2.45) is 0 Å². The van der Waals surface area contributed by atoms with Gasteiger partial charge in [-0.3, -0.25) is 4.79 Å². The van der Waals surface area contributed by atoms with Gasteiger partial charge in [0.25, 0.3) is 0 Å². The van der Waals surface area contributed by atoms with E-state index in [0.717, 1.165) is 6.29 Å². The third-order valence-electron chi connectivity index (χ3n) is 3.22. The largest absolute Gasteiger partial charge is 0.508 e. The van der Waals surface area contributed by atoms with Gasteiger partial charge in [0.15, 0.2) is 6.29 Å². The number of phenols is 1. The summed E-state index contributed by atoms with van der Waals surface area (Å²) >= 11 is 0. The zero-order chi connectivity index (χ0) is 15.5. The van der Waals surface area contributed by atoms with Gasteiger partial charge in [0.1, 0.15) is 23.6 Å². The van der Waals surface area contributed by atoms with E-state index in [1.165, 1.54) is 13.4 Å². The highest BCUT2D eigenvalue weighted by atomic mass is 16.5. The first-order valence-corrected chi connectivity index (χ1v) is 6.55. The lowest BCUT2D eigenvalue weighted by atomic mass is 10.1. The SMILES string of the molecule is COc1cc2ncnc(Nc3cccc(O)c3)c2cc1C=O. The number of aromatic hydroxyl groups is 1. The predicted molar refractivity (Wildman–Crippen MR) is 82.9 cm³/mol. The van der Waals surface area contributed by atoms with Gasteiger partial charge in [-0.25, -0.2) is 9.97 Å². The van der Waals surface area contributed by atoms with Gasteiger partial charge < -0.3 is 15.2 Å². The summed E-state index contributed by atoms with van der Waals surface area (Å²) < 4.78 is 5.17. The molecule has 22 heavy (non-hydrogen) atoms. The molecule has 1 aromatic heterocycles. The number of carbonyl (C=O) groups excluding carboxylic acids is 1. The van der Waals surface area contributed by atoms with Crippen LogP contribution in [0.2, 0.25) is 0 Å². The van der Waals surface area contributed by atoms with Crippen LogP contribution in [-0.2, 0) is 0 Å². The van der Waals surface area contributed by atoms with Gasteiger partial charge in [0.2, 0.25) is 0 Å². The average Bonchev–Trinajstić information content (AvgIpc) is 2.54. The Labute approximate surface area is 126 Å². The van der Waals surface area contributed by atoms with E-state index >= 15 is 0 Å². The number of hydrogen-bond acceptors (Lipinski definition) is 6. The highest BCUT2D eigenvalue weighted by molar-refractivity contribution is 5.96. The van der Waals surface area contributed by atoms with E-state index in [1.54, 1.807) is 36.4 Å². The molecule has 0 aliphatic heterocycles. The molecule has 0 saturated heterocycles. The lowest BCUT2D eigenvalue weighted by Crippen LogP contribution is -1.98. The molecule has 0 aliphatic carbocycles. The molecule has 0 saturated carbocycles. The van der Waals surface area contributed by atoms with Gasteiger partial charge in [0.05, 0.1) is 18.2 Å². The first kappa shape index (κ1) is 13.8. The van der Waals surface area contributed by atoms with Crippen LogP contribution in [0.1, 0.15) is 10.4 Å². The lowest BCUT2D eigenvalue weighted by Gasteiger charge is -2.10. The zero-order valence-corrected chi connectivity index (χ0v) is 11.8. The molecule has 0 unspecified atom stereocenters. The molecule has 3 rings (SSSR count). The first-order valence-electron chi connectivity index (χ1n) is 6.55. The minimum Gasteiger partial charge on any atom is -0.508 e. The topological polar surface area (TPSA) is 84.3 Å². The fraction of sp³-hybridized carbons (Fsp3) is 0.0625. The molecule has 0 radical (unpaired) electrons. The molecule has 3 aromatic rings. The van der Waals surface area contributed by atoms with Crippen molar-refractivity contribution in [3.8, 4) is 11.5 Å². The van der Waals surface area contributed by atoms with Crippen LogP contribution >= 0.6 is 0 Å². The predicted octanol–water partition coefficient (Wildman–Crippen LogP) is 2.90. The number of benzene rings is 2. The number of anilines is 2. The van der Waals surface area contributed by atoms with Crippen LogP contribution in [0.4, 0.5) is 11.5 Å². The smallest absolute Gasteiger partial charge is 0.153 e. The second-order valence-corrected chi connectivity index (χ2v) is 4.63. The molecule has 0 atom stereocenters. The number of carbonyl (C=O) groups is 1. The van der Waals surface area contributed by atoms with E-state index in [0.29, 0.717) is 33.7 Å². The number of phenolic OH excluding ortho intramolecular Hbond substituents is 1. The number of aromatic nitrogens is 2. The van der Waals surface area contributed by atoms with Crippen molar-refractivity contribution < 1.29 is 14.6 Å². The maximum Gasteiger partial charge on any atom is 0.153 e. The monoisotopic (exact) mass is 295 g/mol. The van der Waals surface area contributed by atoms with E-state index in [2.05, 4.69) is 15.3 Å². The average molecular weight is 295 g/mol. The molecule has 0 aliphatic rings. The zero-order valence-electron chi connectivity index (χ0n) is 11.8. The maximum atomic E-state index is 11.2. The number of rotatable bonds is 4. The molecular formula is C16H13N3O3. The van der Waals surface area contributed by atoms with E-state index in [1.807, 2.05) is 0 Å². The van der Waals surface area contributed by atoms with Gasteiger partial charge in [-0.1, -0.05) is 6.07 Å². The fourth-order valence-electron chi connectivity index (χ4n) is 2.19. The Hall–Kier alpha value is -3.15. The number of ether oxygens (including phenoxy) is 1. The van der Waals surface area contributed by atoms with E-state index in [4.69, 9.17) is 4.74 Å². The van der Waals surface area contributed by atoms with Gasteiger partial charge in [0, 0.05) is 23.2 Å². The molecule has 1 heterocycles. The Kier molecular flexibility index (Phi) is 3.57. The molecule has 6 heteroatoms. The first-order chi connectivity index (χ1) is 10.7. The fourth-order valence-corrected chi connectivity index (χ4v) is 2.19. The molecule has 0 spiro atoms. The molecule has 110 valence electrons. The maximum absolute atomic E-state index is 11.2. The molecular weight excluding hydrogens is 282 g/mol. The highest BCUT2D eigenvalue weighted by Gasteiger charge is 2.10. The summed E-state index contributed by atoms with van der Waals surface area (Å²) in [6.45, 7) is 0. The Bertz CT molecular complexity index is 849. The van der Waals surface area contributed by atoms with Crippen LogP contribution in [0, 0.1) is 0 Å². The van der Waals surface area contributed by atoms with Crippen molar-refractivity contribution in [2.45, 2.75) is 0 Å². The third kappa shape index (κ3) is 2.54. The standard InChI is InChI=1S/C16H13N3O3/c1-22-15-7-14-13(5-10(15)8-20)16(18-9-17-14)19-11-3-2-4-12(21)6-11/h2-9,21H,1H3,(H,17,18,19). The molecule has 0 fully saturated rings. The summed E-state index contributed by atoms with van der Waals surface area (Å²) in [5.74, 6) is 1.16. The van der Waals surface area contributed by atoms with Crippen LogP contribution in [0.15, 0.2) is 42.7 Å². The molecule has 0 amide bonds. The van der Waals surface area contributed by atoms with Crippen LogP contribution in [0.3, 0.4) is 0 Å².